The van der Waals surface area contributed by atoms with Crippen LogP contribution >= 0.6 is 0 Å². The number of carbonyl (C=O) groups excluding carboxylic acids is 1. The minimum Gasteiger partial charge on any atom is -0.350 e. The number of fused-ring (bicyclic) bond motifs is 1. The van der Waals surface area contributed by atoms with Gasteiger partial charge < -0.3 is 5.32 Å². The van der Waals surface area contributed by atoms with E-state index >= 15 is 0 Å². The normalized spacial score (nSPS) is 14.0. The first-order valence-corrected chi connectivity index (χ1v) is 7.86. The predicted molar refractivity (Wildman–Crippen MR) is 86.7 cm³/mol. The first-order valence-electron chi connectivity index (χ1n) is 7.86. The van der Waals surface area contributed by atoms with Gasteiger partial charge in [-0.05, 0) is 31.0 Å². The first-order chi connectivity index (χ1) is 11.7. The molecule has 0 aliphatic heterocycles. The minimum absolute atomic E-state index is 0.0786. The fourth-order valence-corrected chi connectivity index (χ4v) is 2.58. The summed E-state index contributed by atoms with van der Waals surface area (Å²) < 4.78 is 1.51. The summed E-state index contributed by atoms with van der Waals surface area (Å²) in [7, 11) is 0. The summed E-state index contributed by atoms with van der Waals surface area (Å²) >= 11 is 0. The fourth-order valence-electron chi connectivity index (χ4n) is 2.58. The van der Waals surface area contributed by atoms with Crippen molar-refractivity contribution in [3.8, 4) is 0 Å². The van der Waals surface area contributed by atoms with Crippen LogP contribution in [0.25, 0.3) is 11.0 Å². The van der Waals surface area contributed by atoms with Crippen molar-refractivity contribution in [3.63, 3.8) is 0 Å². The van der Waals surface area contributed by atoms with Gasteiger partial charge in [-0.25, -0.2) is 4.98 Å². The van der Waals surface area contributed by atoms with Crippen LogP contribution in [-0.4, -0.2) is 37.4 Å². The van der Waals surface area contributed by atoms with Crippen molar-refractivity contribution in [2.45, 2.75) is 25.3 Å². The zero-order chi connectivity index (χ0) is 16.5. The average Bonchev–Trinajstić information content (AvgIpc) is 3.33. The number of H-pyrrole nitrogens is 1. The Labute approximate surface area is 136 Å². The highest BCUT2D eigenvalue weighted by molar-refractivity contribution is 5.97. The van der Waals surface area contributed by atoms with Gasteiger partial charge in [0.2, 0.25) is 0 Å². The van der Waals surface area contributed by atoms with Gasteiger partial charge in [0.15, 0.2) is 0 Å². The Bertz CT molecular complexity index is 956. The molecule has 0 spiro atoms. The van der Waals surface area contributed by atoms with Gasteiger partial charge in [0, 0.05) is 30.6 Å². The Morgan fingerprint density at radius 3 is 2.88 bits per heavy atom. The number of hydrogen-bond acceptors (Lipinski definition) is 5. The fraction of sp³-hybridized carbons (Fsp3) is 0.312. The Morgan fingerprint density at radius 1 is 1.25 bits per heavy atom. The molecule has 8 nitrogen and oxygen atoms in total. The highest BCUT2D eigenvalue weighted by Gasteiger charge is 2.25. The number of hydrogen-bond donors (Lipinski definition) is 2. The van der Waals surface area contributed by atoms with Gasteiger partial charge >= 0.3 is 0 Å². The number of nitrogens with one attached hydrogen (secondary N) is 2. The maximum absolute atomic E-state index is 12.2. The Kier molecular flexibility index (Phi) is 3.56. The molecule has 0 saturated heterocycles. The van der Waals surface area contributed by atoms with E-state index in [2.05, 4.69) is 25.7 Å². The van der Waals surface area contributed by atoms with Crippen LogP contribution in [0.15, 0.2) is 35.4 Å². The third-order valence-electron chi connectivity index (χ3n) is 4.11. The van der Waals surface area contributed by atoms with Crippen molar-refractivity contribution in [2.75, 3.05) is 6.54 Å². The molecule has 0 atom stereocenters. The number of carbonyl (C=O) groups is 1. The number of benzene rings is 1. The molecule has 0 unspecified atom stereocenters. The zero-order valence-corrected chi connectivity index (χ0v) is 12.9. The molecule has 4 rings (SSSR count). The summed E-state index contributed by atoms with van der Waals surface area (Å²) in [6.45, 7) is 0.731. The second-order valence-electron chi connectivity index (χ2n) is 5.90. The summed E-state index contributed by atoms with van der Waals surface area (Å²) in [6, 6.07) is 6.70. The van der Waals surface area contributed by atoms with E-state index in [9.17, 15) is 9.59 Å². The molecule has 2 heterocycles. The minimum atomic E-state index is -0.212. The maximum Gasteiger partial charge on any atom is 0.253 e. The SMILES string of the molecule is O=C(NCCn1cnc(C2CC2)cc1=O)c1ccc2n[nH]nc2c1. The second-order valence-corrected chi connectivity index (χ2v) is 5.90. The van der Waals surface area contributed by atoms with E-state index < -0.39 is 0 Å². The molecule has 0 bridgehead atoms. The largest absolute Gasteiger partial charge is 0.350 e. The highest BCUT2D eigenvalue weighted by Crippen LogP contribution is 2.38. The summed E-state index contributed by atoms with van der Waals surface area (Å²) in [6.07, 6.45) is 3.79. The quantitative estimate of drug-likeness (QED) is 0.723. The van der Waals surface area contributed by atoms with Gasteiger partial charge in [-0.1, -0.05) is 0 Å². The van der Waals surface area contributed by atoms with Crippen LogP contribution in [-0.2, 0) is 6.54 Å². The van der Waals surface area contributed by atoms with Gasteiger partial charge in [-0.2, -0.15) is 15.4 Å². The summed E-state index contributed by atoms with van der Waals surface area (Å²) in [5, 5.41) is 13.2. The first kappa shape index (κ1) is 14.6. The zero-order valence-electron chi connectivity index (χ0n) is 12.9. The molecule has 8 heteroatoms. The molecule has 3 aromatic rings. The molecule has 1 aliphatic rings. The van der Waals surface area contributed by atoms with Crippen molar-refractivity contribution < 1.29 is 4.79 Å². The maximum atomic E-state index is 12.2. The average molecular weight is 324 g/mol. The number of nitrogens with zero attached hydrogens (tertiary/aromatic N) is 4. The van der Waals surface area contributed by atoms with E-state index in [0.29, 0.717) is 35.6 Å². The van der Waals surface area contributed by atoms with Crippen LogP contribution in [0.1, 0.15) is 34.8 Å². The molecular weight excluding hydrogens is 308 g/mol. The van der Waals surface area contributed by atoms with Crippen LogP contribution in [0.2, 0.25) is 0 Å². The smallest absolute Gasteiger partial charge is 0.253 e. The molecule has 1 aromatic carbocycles. The standard InChI is InChI=1S/C16H16N6O2/c23-15-8-13(10-1-2-10)18-9-22(15)6-5-17-16(24)11-3-4-12-14(7-11)20-21-19-12/h3-4,7-10H,1-2,5-6H2,(H,17,24)(H,19,20,21). The lowest BCUT2D eigenvalue weighted by Gasteiger charge is -2.08. The number of rotatable bonds is 5. The van der Waals surface area contributed by atoms with E-state index in [1.54, 1.807) is 30.6 Å². The number of aromatic nitrogens is 5. The van der Waals surface area contributed by atoms with E-state index in [-0.39, 0.29) is 11.5 Å². The molecule has 1 amide bonds. The van der Waals surface area contributed by atoms with Gasteiger partial charge in [0.05, 0.1) is 12.0 Å². The van der Waals surface area contributed by atoms with E-state index in [1.165, 1.54) is 4.57 Å². The van der Waals surface area contributed by atoms with Crippen LogP contribution in [0.4, 0.5) is 0 Å². The van der Waals surface area contributed by atoms with Crippen molar-refractivity contribution in [2.24, 2.45) is 0 Å². The molecule has 1 saturated carbocycles. The summed E-state index contributed by atoms with van der Waals surface area (Å²) in [4.78, 5) is 28.5. The molecule has 2 N–H and O–H groups in total. The van der Waals surface area contributed by atoms with E-state index in [4.69, 9.17) is 0 Å². The Morgan fingerprint density at radius 2 is 2.08 bits per heavy atom. The van der Waals surface area contributed by atoms with Crippen molar-refractivity contribution >= 4 is 16.9 Å². The second kappa shape index (κ2) is 5.88. The molecule has 24 heavy (non-hydrogen) atoms. The lowest BCUT2D eigenvalue weighted by atomic mass is 10.2. The van der Waals surface area contributed by atoms with Gasteiger partial charge in [-0.3, -0.25) is 14.2 Å². The Hall–Kier alpha value is -3.03. The topological polar surface area (TPSA) is 106 Å². The molecule has 1 fully saturated rings. The van der Waals surface area contributed by atoms with Crippen LogP contribution in [0.5, 0.6) is 0 Å². The molecular formula is C16H16N6O2. The third-order valence-corrected chi connectivity index (χ3v) is 4.11. The molecule has 1 aliphatic carbocycles. The van der Waals surface area contributed by atoms with Gasteiger partial charge in [-0.15, -0.1) is 0 Å². The molecule has 0 radical (unpaired) electrons. The summed E-state index contributed by atoms with van der Waals surface area (Å²) in [5.74, 6) is 0.244. The van der Waals surface area contributed by atoms with Crippen molar-refractivity contribution in [1.29, 1.82) is 0 Å². The lowest BCUT2D eigenvalue weighted by Crippen LogP contribution is -2.31. The third kappa shape index (κ3) is 2.90. The predicted octanol–water partition coefficient (Wildman–Crippen LogP) is 0.822. The molecule has 2 aromatic heterocycles. The monoisotopic (exact) mass is 324 g/mol. The summed E-state index contributed by atoms with van der Waals surface area (Å²) in [5.41, 5.74) is 2.65. The van der Waals surface area contributed by atoms with Crippen molar-refractivity contribution in [3.05, 3.63) is 52.2 Å². The number of amides is 1. The van der Waals surface area contributed by atoms with Crippen molar-refractivity contribution in [1.82, 2.24) is 30.3 Å². The van der Waals surface area contributed by atoms with E-state index in [0.717, 1.165) is 18.5 Å². The van der Waals surface area contributed by atoms with E-state index in [1.807, 2.05) is 0 Å². The molecule has 122 valence electrons. The van der Waals surface area contributed by atoms with Gasteiger partial charge in [0.1, 0.15) is 11.0 Å². The highest BCUT2D eigenvalue weighted by atomic mass is 16.1. The Balaban J connectivity index is 1.38. The van der Waals surface area contributed by atoms with Gasteiger partial charge in [0.25, 0.3) is 11.5 Å². The van der Waals surface area contributed by atoms with Crippen LogP contribution < -0.4 is 10.9 Å². The number of aromatic amines is 1. The lowest BCUT2D eigenvalue weighted by molar-refractivity contribution is 0.0952. The van der Waals surface area contributed by atoms with Crippen LogP contribution in [0.3, 0.4) is 0 Å². The van der Waals surface area contributed by atoms with Crippen LogP contribution in [0, 0.1) is 0 Å².